The number of nitrogens with zero attached hydrogens (tertiary/aromatic N) is 1. The molecule has 1 heterocycles. The van der Waals surface area contributed by atoms with E-state index in [0.717, 1.165) is 5.33 Å². The topological polar surface area (TPSA) is 69.7 Å². The Hall–Kier alpha value is -1.74. The highest BCUT2D eigenvalue weighted by Gasteiger charge is 2.61. The monoisotopic (exact) mass is 496 g/mol. The molecule has 30 heavy (non-hydrogen) atoms. The second-order valence-electron chi connectivity index (χ2n) is 7.44. The lowest BCUT2D eigenvalue weighted by Crippen LogP contribution is -2.65. The summed E-state index contributed by atoms with van der Waals surface area (Å²) in [5.41, 5.74) is 0.873. The first-order valence-corrected chi connectivity index (χ1v) is 12.5. The van der Waals surface area contributed by atoms with Crippen LogP contribution in [0, 0.1) is 0 Å². The minimum absolute atomic E-state index is 0.196. The van der Waals surface area contributed by atoms with Crippen molar-refractivity contribution in [1.82, 2.24) is 3.89 Å². The molecule has 0 bridgehead atoms. The van der Waals surface area contributed by atoms with E-state index in [4.69, 9.17) is 9.47 Å². The normalized spacial score (nSPS) is 22.7. The number of ether oxygens (including phenoxy) is 2. The van der Waals surface area contributed by atoms with E-state index in [-0.39, 0.29) is 17.4 Å². The van der Waals surface area contributed by atoms with Crippen molar-refractivity contribution in [2.45, 2.75) is 37.6 Å². The summed E-state index contributed by atoms with van der Waals surface area (Å²) in [5, 5.41) is 0.723. The Balaban J connectivity index is 2.16. The number of hydrogen-bond acceptors (Lipinski definition) is 5. The van der Waals surface area contributed by atoms with Gasteiger partial charge in [-0.25, -0.2) is 4.79 Å². The number of sulfonamides is 1. The van der Waals surface area contributed by atoms with Gasteiger partial charge < -0.3 is 9.47 Å². The zero-order chi connectivity index (χ0) is 21.9. The summed E-state index contributed by atoms with van der Waals surface area (Å²) in [6.07, 6.45) is 0. The van der Waals surface area contributed by atoms with Crippen LogP contribution in [0.3, 0.4) is 0 Å². The van der Waals surface area contributed by atoms with E-state index < -0.39 is 25.9 Å². The molecule has 0 saturated carbocycles. The summed E-state index contributed by atoms with van der Waals surface area (Å²) < 4.78 is 38.4. The van der Waals surface area contributed by atoms with Gasteiger partial charge in [0.2, 0.25) is 0 Å². The summed E-state index contributed by atoms with van der Waals surface area (Å²) in [4.78, 5) is 13.9. The van der Waals surface area contributed by atoms with Crippen molar-refractivity contribution in [3.8, 4) is 5.75 Å². The average Bonchev–Trinajstić information content (AvgIpc) is 2.73. The Morgan fingerprint density at radius 3 is 2.40 bits per heavy atom. The minimum Gasteiger partial charge on any atom is -0.485 e. The van der Waals surface area contributed by atoms with Crippen LogP contribution >= 0.6 is 15.9 Å². The lowest BCUT2D eigenvalue weighted by atomic mass is 9.98. The Kier molecular flexibility index (Phi) is 7.02. The first-order chi connectivity index (χ1) is 14.3. The third kappa shape index (κ3) is 3.60. The Morgan fingerprint density at radius 1 is 1.03 bits per heavy atom. The van der Waals surface area contributed by atoms with Crippen LogP contribution in [0.15, 0.2) is 53.4 Å². The maximum absolute atomic E-state index is 14.0. The summed E-state index contributed by atoms with van der Waals surface area (Å²) >= 11 is 3.30. The number of hydrogen-bond donors (Lipinski definition) is 0. The van der Waals surface area contributed by atoms with Crippen molar-refractivity contribution in [1.29, 1.82) is 0 Å². The number of fused-ring (bicyclic) bond motifs is 1. The largest absolute Gasteiger partial charge is 0.485 e. The van der Waals surface area contributed by atoms with Gasteiger partial charge in [0, 0.05) is 11.4 Å². The first kappa shape index (κ1) is 22.9. The molecule has 6 nitrogen and oxygen atoms in total. The molecule has 0 saturated heterocycles. The maximum Gasteiger partial charge on any atom is 0.341 e. The quantitative estimate of drug-likeness (QED) is 0.310. The predicted octanol–water partition coefficient (Wildman–Crippen LogP) is 4.23. The number of halogens is 1. The molecule has 1 aliphatic rings. The standard InChI is InChI=1S/C22H27BrNO5S/c1-16(2)24(19-9-5-6-10-20(19)29-15-14-28-13-12-23)22(25)17(3)18-8-4-7-11-21(18)30(24,26)27/h4-11,16-17H,12-15H2,1-3H3/q+1. The molecule has 0 aliphatic carbocycles. The molecule has 2 aromatic rings. The third-order valence-corrected chi connectivity index (χ3v) is 8.21. The number of amides is 1. The number of rotatable bonds is 8. The number of carbonyl (C=O) groups excluding carboxylic acids is 1. The molecule has 3 rings (SSSR count). The Bertz CT molecular complexity index is 1020. The number of carbonyl (C=O) groups is 1. The summed E-state index contributed by atoms with van der Waals surface area (Å²) in [7, 11) is -4.07. The van der Waals surface area contributed by atoms with Gasteiger partial charge in [-0.1, -0.05) is 46.3 Å². The second-order valence-corrected chi connectivity index (χ2v) is 10.2. The molecule has 0 fully saturated rings. The molecule has 8 heteroatoms. The fourth-order valence-corrected chi connectivity index (χ4v) is 6.74. The molecule has 0 N–H and O–H groups in total. The van der Waals surface area contributed by atoms with Crippen LogP contribution in [0.2, 0.25) is 0 Å². The minimum atomic E-state index is -4.07. The van der Waals surface area contributed by atoms with Gasteiger partial charge in [-0.15, -0.1) is 3.89 Å². The van der Waals surface area contributed by atoms with Crippen LogP contribution in [-0.2, 0) is 19.6 Å². The fraction of sp³-hybridized carbons (Fsp3) is 0.409. The molecule has 162 valence electrons. The molecular formula is C22H27BrNO5S+. The van der Waals surface area contributed by atoms with E-state index in [9.17, 15) is 13.2 Å². The van der Waals surface area contributed by atoms with Crippen LogP contribution in [0.5, 0.6) is 5.75 Å². The van der Waals surface area contributed by atoms with E-state index in [1.807, 2.05) is 0 Å². The van der Waals surface area contributed by atoms with E-state index in [2.05, 4.69) is 15.9 Å². The highest BCUT2D eigenvalue weighted by Crippen LogP contribution is 2.48. The molecule has 1 amide bonds. The fourth-order valence-electron chi connectivity index (χ4n) is 4.05. The highest BCUT2D eigenvalue weighted by molar-refractivity contribution is 9.09. The summed E-state index contributed by atoms with van der Waals surface area (Å²) in [5.74, 6) is -0.574. The van der Waals surface area contributed by atoms with Gasteiger partial charge >= 0.3 is 15.9 Å². The van der Waals surface area contributed by atoms with Crippen LogP contribution in [0.1, 0.15) is 32.3 Å². The third-order valence-electron chi connectivity index (χ3n) is 5.40. The molecule has 2 unspecified atom stereocenters. The zero-order valence-electron chi connectivity index (χ0n) is 17.4. The zero-order valence-corrected chi connectivity index (χ0v) is 19.8. The van der Waals surface area contributed by atoms with Crippen molar-refractivity contribution in [3.63, 3.8) is 0 Å². The van der Waals surface area contributed by atoms with E-state index in [0.29, 0.717) is 30.2 Å². The van der Waals surface area contributed by atoms with Gasteiger partial charge in [0.05, 0.1) is 19.1 Å². The van der Waals surface area contributed by atoms with Gasteiger partial charge in [-0.05, 0) is 38.5 Å². The van der Waals surface area contributed by atoms with E-state index in [1.54, 1.807) is 69.3 Å². The van der Waals surface area contributed by atoms with E-state index in [1.165, 1.54) is 0 Å². The van der Waals surface area contributed by atoms with Gasteiger partial charge in [0.25, 0.3) is 0 Å². The van der Waals surface area contributed by atoms with Crippen LogP contribution in [-0.4, -0.2) is 45.5 Å². The molecular weight excluding hydrogens is 470 g/mol. The van der Waals surface area contributed by atoms with Gasteiger partial charge in [0.15, 0.2) is 11.4 Å². The van der Waals surface area contributed by atoms with Crippen molar-refractivity contribution < 1.29 is 22.7 Å². The van der Waals surface area contributed by atoms with Crippen LogP contribution in [0.25, 0.3) is 0 Å². The Labute approximate surface area is 186 Å². The van der Waals surface area contributed by atoms with Gasteiger partial charge in [0.1, 0.15) is 17.5 Å². The average molecular weight is 497 g/mol. The highest BCUT2D eigenvalue weighted by atomic mass is 79.9. The lowest BCUT2D eigenvalue weighted by Gasteiger charge is -2.42. The van der Waals surface area contributed by atoms with Gasteiger partial charge in [-0.2, -0.15) is 8.42 Å². The van der Waals surface area contributed by atoms with Crippen molar-refractivity contribution >= 4 is 37.5 Å². The van der Waals surface area contributed by atoms with Gasteiger partial charge in [-0.3, -0.25) is 0 Å². The summed E-state index contributed by atoms with van der Waals surface area (Å²) in [6.45, 7) is 6.45. The molecule has 0 spiro atoms. The number of quaternary nitrogens is 1. The molecule has 0 radical (unpaired) electrons. The van der Waals surface area contributed by atoms with Crippen LogP contribution in [0.4, 0.5) is 5.69 Å². The SMILES string of the molecule is CC1C(=O)[N+](c2ccccc2OCCOCCBr)(C(C)C)S(=O)(=O)c2ccccc21. The molecule has 2 atom stereocenters. The lowest BCUT2D eigenvalue weighted by molar-refractivity contribution is -0.128. The molecule has 0 aromatic heterocycles. The molecule has 1 aliphatic heterocycles. The second kappa shape index (κ2) is 9.18. The predicted molar refractivity (Wildman–Crippen MR) is 121 cm³/mol. The first-order valence-electron chi connectivity index (χ1n) is 9.93. The number of benzene rings is 2. The van der Waals surface area contributed by atoms with Crippen molar-refractivity contribution in [3.05, 3.63) is 54.1 Å². The Morgan fingerprint density at radius 2 is 1.70 bits per heavy atom. The van der Waals surface area contributed by atoms with Crippen LogP contribution < -0.4 is 8.63 Å². The maximum atomic E-state index is 14.0. The van der Waals surface area contributed by atoms with Crippen molar-refractivity contribution in [2.75, 3.05) is 25.2 Å². The summed E-state index contributed by atoms with van der Waals surface area (Å²) in [6, 6.07) is 13.1. The number of para-hydroxylation sites is 2. The van der Waals surface area contributed by atoms with Crippen molar-refractivity contribution in [2.24, 2.45) is 0 Å². The smallest absolute Gasteiger partial charge is 0.341 e. The molecule has 2 aromatic carbocycles. The van der Waals surface area contributed by atoms with E-state index >= 15 is 0 Å². The number of alkyl halides is 1.